The lowest BCUT2D eigenvalue weighted by atomic mass is 9.89. The molecule has 0 fully saturated rings. The van der Waals surface area contributed by atoms with Crippen LogP contribution in [0.15, 0.2) is 12.3 Å². The van der Waals surface area contributed by atoms with Gasteiger partial charge in [-0.05, 0) is 11.5 Å². The van der Waals surface area contributed by atoms with Crippen molar-refractivity contribution in [1.82, 2.24) is 4.98 Å². The molecule has 1 heterocycles. The van der Waals surface area contributed by atoms with Crippen molar-refractivity contribution < 1.29 is 18.3 Å². The van der Waals surface area contributed by atoms with Crippen LogP contribution in [0, 0.1) is 5.41 Å². The molecule has 0 saturated carbocycles. The van der Waals surface area contributed by atoms with Crippen LogP contribution in [0.2, 0.25) is 5.02 Å². The molecule has 0 aliphatic rings. The molecule has 1 aromatic heterocycles. The maximum absolute atomic E-state index is 12.4. The third-order valence-electron chi connectivity index (χ3n) is 2.63. The number of nitrogens with zero attached hydrogens (tertiary/aromatic N) is 1. The zero-order chi connectivity index (χ0) is 14.8. The molecule has 0 amide bonds. The van der Waals surface area contributed by atoms with Crippen molar-refractivity contribution in [2.75, 3.05) is 11.9 Å². The van der Waals surface area contributed by atoms with E-state index in [9.17, 15) is 18.3 Å². The summed E-state index contributed by atoms with van der Waals surface area (Å²) in [6.07, 6.45) is -4.44. The Kier molecular flexibility index (Phi) is 4.68. The van der Waals surface area contributed by atoms with Crippen LogP contribution in [0.1, 0.15) is 26.3 Å². The van der Waals surface area contributed by atoms with Gasteiger partial charge in [-0.2, -0.15) is 13.2 Å². The van der Waals surface area contributed by atoms with E-state index in [4.69, 9.17) is 11.6 Å². The van der Waals surface area contributed by atoms with E-state index in [2.05, 4.69) is 10.3 Å². The summed E-state index contributed by atoms with van der Waals surface area (Å²) < 4.78 is 37.2. The lowest BCUT2D eigenvalue weighted by Gasteiger charge is -2.26. The van der Waals surface area contributed by atoms with Gasteiger partial charge in [0.1, 0.15) is 5.82 Å². The van der Waals surface area contributed by atoms with Crippen molar-refractivity contribution in [3.63, 3.8) is 0 Å². The van der Waals surface area contributed by atoms with Gasteiger partial charge in [0.15, 0.2) is 0 Å². The molecule has 1 atom stereocenters. The van der Waals surface area contributed by atoms with Crippen LogP contribution in [0.25, 0.3) is 0 Å². The highest BCUT2D eigenvalue weighted by Crippen LogP contribution is 2.32. The second-order valence-corrected chi connectivity index (χ2v) is 5.72. The third-order valence-corrected chi connectivity index (χ3v) is 2.92. The fourth-order valence-corrected chi connectivity index (χ4v) is 1.46. The van der Waals surface area contributed by atoms with Crippen LogP contribution in [0.3, 0.4) is 0 Å². The van der Waals surface area contributed by atoms with Crippen LogP contribution in [-0.4, -0.2) is 22.7 Å². The summed E-state index contributed by atoms with van der Waals surface area (Å²) in [5, 5.41) is 12.4. The van der Waals surface area contributed by atoms with Gasteiger partial charge in [-0.3, -0.25) is 0 Å². The Morgan fingerprint density at radius 3 is 2.37 bits per heavy atom. The van der Waals surface area contributed by atoms with Crippen LogP contribution in [0.5, 0.6) is 0 Å². The Labute approximate surface area is 114 Å². The summed E-state index contributed by atoms with van der Waals surface area (Å²) in [6.45, 7) is 5.70. The number of rotatable bonds is 3. The highest BCUT2D eigenvalue weighted by Gasteiger charge is 2.31. The average Bonchev–Trinajstić information content (AvgIpc) is 2.24. The highest BCUT2D eigenvalue weighted by molar-refractivity contribution is 6.32. The number of pyridine rings is 1. The Hall–Kier alpha value is -1.01. The van der Waals surface area contributed by atoms with Crippen molar-refractivity contribution in [3.8, 4) is 0 Å². The van der Waals surface area contributed by atoms with E-state index in [0.29, 0.717) is 6.20 Å². The second kappa shape index (κ2) is 5.54. The molecule has 3 nitrogen and oxygen atoms in total. The quantitative estimate of drug-likeness (QED) is 0.896. The number of anilines is 1. The molecule has 1 rings (SSSR count). The van der Waals surface area contributed by atoms with Gasteiger partial charge in [0.2, 0.25) is 0 Å². The summed E-state index contributed by atoms with van der Waals surface area (Å²) in [4.78, 5) is 3.62. The Balaban J connectivity index is 2.77. The molecular formula is C12H16ClF3N2O. The molecule has 2 N–H and O–H groups in total. The fourth-order valence-electron chi connectivity index (χ4n) is 1.22. The van der Waals surface area contributed by atoms with Crippen molar-refractivity contribution in [3.05, 3.63) is 22.8 Å². The summed E-state index contributed by atoms with van der Waals surface area (Å²) in [7, 11) is 0. The molecule has 108 valence electrons. The lowest BCUT2D eigenvalue weighted by Crippen LogP contribution is -2.33. The van der Waals surface area contributed by atoms with Crippen LogP contribution in [0.4, 0.5) is 19.0 Å². The number of aromatic nitrogens is 1. The zero-order valence-corrected chi connectivity index (χ0v) is 11.6. The van der Waals surface area contributed by atoms with E-state index in [1.807, 2.05) is 20.8 Å². The first-order chi connectivity index (χ1) is 8.51. The summed E-state index contributed by atoms with van der Waals surface area (Å²) >= 11 is 5.73. The molecule has 0 radical (unpaired) electrons. The number of aliphatic hydroxyl groups is 1. The summed E-state index contributed by atoms with van der Waals surface area (Å²) in [5.41, 5.74) is -1.25. The average molecular weight is 297 g/mol. The third kappa shape index (κ3) is 4.54. The van der Waals surface area contributed by atoms with Gasteiger partial charge in [-0.15, -0.1) is 0 Å². The monoisotopic (exact) mass is 296 g/mol. The maximum Gasteiger partial charge on any atom is 0.417 e. The molecule has 0 unspecified atom stereocenters. The summed E-state index contributed by atoms with van der Waals surface area (Å²) in [5.74, 6) is 0.123. The number of nitrogens with one attached hydrogen (secondary N) is 1. The Morgan fingerprint density at radius 1 is 1.37 bits per heavy atom. The molecule has 19 heavy (non-hydrogen) atoms. The first kappa shape index (κ1) is 16.0. The minimum absolute atomic E-state index is 0.123. The SMILES string of the molecule is CC(C)(C)[C@@H](O)CNc1ncc(C(F)(F)F)cc1Cl. The maximum atomic E-state index is 12.4. The molecule has 0 bridgehead atoms. The van der Waals surface area contributed by atoms with Crippen LogP contribution < -0.4 is 5.32 Å². The predicted octanol–water partition coefficient (Wildman–Crippen LogP) is 3.57. The lowest BCUT2D eigenvalue weighted by molar-refractivity contribution is -0.137. The number of halogens is 4. The fraction of sp³-hybridized carbons (Fsp3) is 0.583. The number of alkyl halides is 3. The molecule has 1 aromatic rings. The number of aliphatic hydroxyl groups excluding tert-OH is 1. The highest BCUT2D eigenvalue weighted by atomic mass is 35.5. The molecule has 0 aliphatic carbocycles. The van der Waals surface area contributed by atoms with Gasteiger partial charge >= 0.3 is 6.18 Å². The number of hydrogen-bond donors (Lipinski definition) is 2. The molecule has 0 aliphatic heterocycles. The molecule has 0 aromatic carbocycles. The van der Waals surface area contributed by atoms with E-state index < -0.39 is 17.8 Å². The Morgan fingerprint density at radius 2 is 1.95 bits per heavy atom. The normalized spacial score (nSPS) is 14.3. The second-order valence-electron chi connectivity index (χ2n) is 5.31. The van der Waals surface area contributed by atoms with E-state index in [0.717, 1.165) is 6.07 Å². The van der Waals surface area contributed by atoms with Crippen molar-refractivity contribution in [2.45, 2.75) is 33.1 Å². The van der Waals surface area contributed by atoms with Crippen LogP contribution >= 0.6 is 11.6 Å². The van der Waals surface area contributed by atoms with E-state index >= 15 is 0 Å². The van der Waals surface area contributed by atoms with Gasteiger partial charge in [-0.1, -0.05) is 32.4 Å². The largest absolute Gasteiger partial charge is 0.417 e. The smallest absolute Gasteiger partial charge is 0.391 e. The van der Waals surface area contributed by atoms with Crippen molar-refractivity contribution in [1.29, 1.82) is 0 Å². The number of hydrogen-bond acceptors (Lipinski definition) is 3. The first-order valence-electron chi connectivity index (χ1n) is 5.66. The standard InChI is InChI=1S/C12H16ClF3N2O/c1-11(2,3)9(19)6-18-10-8(13)4-7(5-17-10)12(14,15)16/h4-5,9,19H,6H2,1-3H3,(H,17,18)/t9-/m0/s1. The summed E-state index contributed by atoms with van der Waals surface area (Å²) in [6, 6.07) is 0.806. The Bertz CT molecular complexity index is 444. The van der Waals surface area contributed by atoms with E-state index in [-0.39, 0.29) is 22.8 Å². The zero-order valence-electron chi connectivity index (χ0n) is 10.8. The molecule has 7 heteroatoms. The van der Waals surface area contributed by atoms with Crippen LogP contribution in [-0.2, 0) is 6.18 Å². The van der Waals surface area contributed by atoms with Gasteiger partial charge in [-0.25, -0.2) is 4.98 Å². The minimum atomic E-state index is -4.47. The van der Waals surface area contributed by atoms with Crippen molar-refractivity contribution >= 4 is 17.4 Å². The van der Waals surface area contributed by atoms with Gasteiger partial charge in [0.25, 0.3) is 0 Å². The molecule has 0 spiro atoms. The van der Waals surface area contributed by atoms with Gasteiger partial charge in [0.05, 0.1) is 16.7 Å². The van der Waals surface area contributed by atoms with Gasteiger partial charge in [0, 0.05) is 12.7 Å². The predicted molar refractivity (Wildman–Crippen MR) is 68.2 cm³/mol. The van der Waals surface area contributed by atoms with E-state index in [1.165, 1.54) is 0 Å². The van der Waals surface area contributed by atoms with E-state index in [1.54, 1.807) is 0 Å². The topological polar surface area (TPSA) is 45.1 Å². The minimum Gasteiger partial charge on any atom is -0.391 e. The van der Waals surface area contributed by atoms with Crippen molar-refractivity contribution in [2.24, 2.45) is 5.41 Å². The first-order valence-corrected chi connectivity index (χ1v) is 6.04. The molecule has 0 saturated heterocycles. The van der Waals surface area contributed by atoms with Gasteiger partial charge < -0.3 is 10.4 Å². The molecular weight excluding hydrogens is 281 g/mol.